The highest BCUT2D eigenvalue weighted by molar-refractivity contribution is 14.0. The number of guanidine groups is 1. The smallest absolute Gasteiger partial charge is 0.191 e. The van der Waals surface area contributed by atoms with Crippen LogP contribution < -0.4 is 10.6 Å². The number of rotatable bonds is 3. The largest absolute Gasteiger partial charge is 0.354 e. The monoisotopic (exact) mass is 401 g/mol. The van der Waals surface area contributed by atoms with Crippen molar-refractivity contribution in [2.75, 3.05) is 7.05 Å². The molecule has 0 atom stereocenters. The fraction of sp³-hybridized carbons (Fsp3) is 0.588. The van der Waals surface area contributed by atoms with Crippen molar-refractivity contribution in [3.63, 3.8) is 0 Å². The molecule has 1 saturated carbocycles. The number of aliphatic imine (C=N–C) groups is 1. The van der Waals surface area contributed by atoms with Gasteiger partial charge in [-0.15, -0.1) is 24.0 Å². The summed E-state index contributed by atoms with van der Waals surface area (Å²) in [7, 11) is 1.85. The van der Waals surface area contributed by atoms with E-state index < -0.39 is 0 Å². The van der Waals surface area contributed by atoms with Crippen LogP contribution in [-0.4, -0.2) is 19.0 Å². The van der Waals surface area contributed by atoms with E-state index in [-0.39, 0.29) is 24.0 Å². The highest BCUT2D eigenvalue weighted by Gasteiger charge is 2.18. The summed E-state index contributed by atoms with van der Waals surface area (Å²) in [4.78, 5) is 4.34. The molecule has 0 bridgehead atoms. The second-order valence-electron chi connectivity index (χ2n) is 5.95. The van der Waals surface area contributed by atoms with E-state index in [2.05, 4.69) is 53.7 Å². The van der Waals surface area contributed by atoms with E-state index in [1.165, 1.54) is 36.8 Å². The molecule has 1 aliphatic carbocycles. The van der Waals surface area contributed by atoms with Gasteiger partial charge in [-0.1, -0.05) is 31.2 Å². The van der Waals surface area contributed by atoms with E-state index in [4.69, 9.17) is 0 Å². The average molecular weight is 401 g/mol. The average Bonchev–Trinajstić information content (AvgIpc) is 2.47. The molecule has 0 aliphatic heterocycles. The van der Waals surface area contributed by atoms with Crippen LogP contribution in [0.1, 0.15) is 43.7 Å². The summed E-state index contributed by atoms with van der Waals surface area (Å²) in [5.41, 5.74) is 2.65. The van der Waals surface area contributed by atoms with Crippen molar-refractivity contribution < 1.29 is 0 Å². The molecule has 1 fully saturated rings. The minimum absolute atomic E-state index is 0. The van der Waals surface area contributed by atoms with Crippen LogP contribution in [0, 0.1) is 12.8 Å². The Kier molecular flexibility index (Phi) is 8.07. The third kappa shape index (κ3) is 5.85. The molecule has 3 nitrogen and oxygen atoms in total. The lowest BCUT2D eigenvalue weighted by Crippen LogP contribution is -2.44. The molecule has 0 amide bonds. The maximum absolute atomic E-state index is 4.34. The number of aryl methyl sites for hydroxylation is 1. The second kappa shape index (κ2) is 9.28. The van der Waals surface area contributed by atoms with Crippen molar-refractivity contribution in [1.29, 1.82) is 0 Å². The number of nitrogens with zero attached hydrogens (tertiary/aromatic N) is 1. The van der Waals surface area contributed by atoms with Crippen LogP contribution in [0.25, 0.3) is 0 Å². The molecule has 0 heterocycles. The summed E-state index contributed by atoms with van der Waals surface area (Å²) in [6.07, 6.45) is 5.16. The van der Waals surface area contributed by atoms with E-state index >= 15 is 0 Å². The predicted octanol–water partition coefficient (Wildman–Crippen LogP) is 3.86. The first kappa shape index (κ1) is 18.3. The fourth-order valence-corrected chi connectivity index (χ4v) is 2.78. The van der Waals surface area contributed by atoms with Crippen LogP contribution >= 0.6 is 24.0 Å². The maximum Gasteiger partial charge on any atom is 0.191 e. The van der Waals surface area contributed by atoms with Gasteiger partial charge in [-0.05, 0) is 49.7 Å². The van der Waals surface area contributed by atoms with Crippen LogP contribution in [0.2, 0.25) is 0 Å². The van der Waals surface area contributed by atoms with Gasteiger partial charge in [-0.2, -0.15) is 0 Å². The molecular formula is C17H28IN3. The lowest BCUT2D eigenvalue weighted by molar-refractivity contribution is 0.329. The first-order chi connectivity index (χ1) is 9.69. The quantitative estimate of drug-likeness (QED) is 0.459. The van der Waals surface area contributed by atoms with E-state index in [9.17, 15) is 0 Å². The Labute approximate surface area is 146 Å². The zero-order valence-corrected chi connectivity index (χ0v) is 15.7. The number of halogens is 1. The summed E-state index contributed by atoms with van der Waals surface area (Å²) in [6, 6.07) is 9.06. The van der Waals surface area contributed by atoms with E-state index in [0.717, 1.165) is 18.4 Å². The van der Waals surface area contributed by atoms with Crippen molar-refractivity contribution >= 4 is 29.9 Å². The summed E-state index contributed by atoms with van der Waals surface area (Å²) in [6.45, 7) is 5.33. The summed E-state index contributed by atoms with van der Waals surface area (Å²) < 4.78 is 0. The van der Waals surface area contributed by atoms with Gasteiger partial charge in [0.2, 0.25) is 0 Å². The second-order valence-corrected chi connectivity index (χ2v) is 5.95. The Morgan fingerprint density at radius 2 is 1.86 bits per heavy atom. The molecular weight excluding hydrogens is 373 g/mol. The Bertz CT molecular complexity index is 451. The van der Waals surface area contributed by atoms with Gasteiger partial charge >= 0.3 is 0 Å². The molecule has 4 heteroatoms. The highest BCUT2D eigenvalue weighted by Crippen LogP contribution is 2.23. The molecule has 1 aromatic rings. The van der Waals surface area contributed by atoms with Crippen molar-refractivity contribution in [3.8, 4) is 0 Å². The molecule has 0 unspecified atom stereocenters. The van der Waals surface area contributed by atoms with Gasteiger partial charge in [0.15, 0.2) is 5.96 Å². The van der Waals surface area contributed by atoms with Gasteiger partial charge < -0.3 is 10.6 Å². The number of benzene rings is 1. The van der Waals surface area contributed by atoms with Gasteiger partial charge in [0.05, 0.1) is 0 Å². The minimum Gasteiger partial charge on any atom is -0.354 e. The summed E-state index contributed by atoms with van der Waals surface area (Å²) >= 11 is 0. The topological polar surface area (TPSA) is 36.4 Å². The van der Waals surface area contributed by atoms with Gasteiger partial charge in [-0.3, -0.25) is 4.99 Å². The summed E-state index contributed by atoms with van der Waals surface area (Å²) in [5.74, 6) is 1.81. The van der Waals surface area contributed by atoms with Gasteiger partial charge in [0, 0.05) is 19.6 Å². The van der Waals surface area contributed by atoms with Crippen LogP contribution in [-0.2, 0) is 6.54 Å². The first-order valence-corrected chi connectivity index (χ1v) is 7.70. The Morgan fingerprint density at radius 3 is 2.48 bits per heavy atom. The zero-order chi connectivity index (χ0) is 14.4. The van der Waals surface area contributed by atoms with Crippen molar-refractivity contribution in [2.24, 2.45) is 10.9 Å². The van der Waals surface area contributed by atoms with Crippen LogP contribution in [0.4, 0.5) is 0 Å². The highest BCUT2D eigenvalue weighted by atomic mass is 127. The van der Waals surface area contributed by atoms with Crippen molar-refractivity contribution in [3.05, 3.63) is 35.4 Å². The molecule has 1 aromatic carbocycles. The molecule has 0 spiro atoms. The van der Waals surface area contributed by atoms with E-state index in [0.29, 0.717) is 6.04 Å². The molecule has 0 radical (unpaired) electrons. The molecule has 2 rings (SSSR count). The van der Waals surface area contributed by atoms with Gasteiger partial charge in [-0.25, -0.2) is 0 Å². The third-order valence-electron chi connectivity index (χ3n) is 4.29. The Morgan fingerprint density at radius 1 is 1.19 bits per heavy atom. The molecule has 0 saturated heterocycles. The molecule has 2 N–H and O–H groups in total. The molecule has 118 valence electrons. The molecule has 1 aliphatic rings. The lowest BCUT2D eigenvalue weighted by atomic mass is 9.87. The number of nitrogens with one attached hydrogen (secondary N) is 2. The zero-order valence-electron chi connectivity index (χ0n) is 13.4. The maximum atomic E-state index is 4.34. The normalized spacial score (nSPS) is 22.3. The van der Waals surface area contributed by atoms with Gasteiger partial charge in [0.25, 0.3) is 0 Å². The molecule has 21 heavy (non-hydrogen) atoms. The minimum atomic E-state index is 0. The van der Waals surface area contributed by atoms with Crippen LogP contribution in [0.5, 0.6) is 0 Å². The van der Waals surface area contributed by atoms with Crippen LogP contribution in [0.15, 0.2) is 29.3 Å². The number of hydrogen-bond acceptors (Lipinski definition) is 1. The van der Waals surface area contributed by atoms with Crippen molar-refractivity contribution in [1.82, 2.24) is 10.6 Å². The standard InChI is InChI=1S/C17H27N3.HI/c1-13-8-10-16(11-9-13)20-17(18-3)19-12-15-7-5-4-6-14(15)2;/h4-7,13,16H,8-12H2,1-3H3,(H2,18,19,20);1H. The molecule has 0 aromatic heterocycles. The Balaban J connectivity index is 0.00000220. The number of hydrogen-bond donors (Lipinski definition) is 2. The summed E-state index contributed by atoms with van der Waals surface area (Å²) in [5, 5.41) is 6.98. The van der Waals surface area contributed by atoms with Crippen LogP contribution in [0.3, 0.4) is 0 Å². The Hall–Kier alpha value is -0.780. The lowest BCUT2D eigenvalue weighted by Gasteiger charge is -2.28. The third-order valence-corrected chi connectivity index (χ3v) is 4.29. The van der Waals surface area contributed by atoms with Crippen molar-refractivity contribution in [2.45, 2.75) is 52.1 Å². The van der Waals surface area contributed by atoms with E-state index in [1.54, 1.807) is 0 Å². The predicted molar refractivity (Wildman–Crippen MR) is 101 cm³/mol. The fourth-order valence-electron chi connectivity index (χ4n) is 2.78. The SMILES string of the molecule is CN=C(NCc1ccccc1C)NC1CCC(C)CC1.I. The first-order valence-electron chi connectivity index (χ1n) is 7.70. The van der Waals surface area contributed by atoms with E-state index in [1.807, 2.05) is 7.05 Å². The van der Waals surface area contributed by atoms with Gasteiger partial charge in [0.1, 0.15) is 0 Å².